The molecular weight excluding hydrogens is 274 g/mol. The molecular formula is C18H25N3O. The lowest BCUT2D eigenvalue weighted by atomic mass is 9.53. The van der Waals surface area contributed by atoms with Gasteiger partial charge in [0, 0.05) is 19.6 Å². The zero-order valence-electron chi connectivity index (χ0n) is 13.5. The summed E-state index contributed by atoms with van der Waals surface area (Å²) >= 11 is 0. The highest BCUT2D eigenvalue weighted by Crippen LogP contribution is 2.55. The van der Waals surface area contributed by atoms with Crippen molar-refractivity contribution in [1.29, 1.82) is 0 Å². The normalized spacial score (nSPS) is 35.5. The van der Waals surface area contributed by atoms with Gasteiger partial charge < -0.3 is 10.2 Å². The van der Waals surface area contributed by atoms with Crippen LogP contribution in [-0.4, -0.2) is 30.5 Å². The Morgan fingerprint density at radius 2 is 1.73 bits per heavy atom. The molecule has 1 heterocycles. The van der Waals surface area contributed by atoms with Crippen molar-refractivity contribution < 1.29 is 4.79 Å². The molecule has 0 atom stereocenters. The van der Waals surface area contributed by atoms with Crippen LogP contribution in [0.25, 0.3) is 0 Å². The highest BCUT2D eigenvalue weighted by Gasteiger charge is 2.51. The third-order valence-corrected chi connectivity index (χ3v) is 5.84. The molecule has 4 heteroatoms. The Hall–Kier alpha value is -1.58. The minimum atomic E-state index is 0.00523. The Bertz CT molecular complexity index is 560. The number of hydrogen-bond donors (Lipinski definition) is 1. The average molecular weight is 299 g/mol. The number of nitrogens with zero attached hydrogens (tertiary/aromatic N) is 2. The van der Waals surface area contributed by atoms with Crippen molar-refractivity contribution in [3.8, 4) is 0 Å². The molecule has 0 radical (unpaired) electrons. The van der Waals surface area contributed by atoms with Gasteiger partial charge in [-0.2, -0.15) is 0 Å². The maximum atomic E-state index is 12.7. The van der Waals surface area contributed by atoms with E-state index in [4.69, 9.17) is 0 Å². The summed E-state index contributed by atoms with van der Waals surface area (Å²) < 4.78 is 0. The minimum absolute atomic E-state index is 0.00523. The zero-order valence-corrected chi connectivity index (χ0v) is 13.5. The van der Waals surface area contributed by atoms with Crippen LogP contribution >= 0.6 is 0 Å². The summed E-state index contributed by atoms with van der Waals surface area (Å²) in [4.78, 5) is 19.1. The highest BCUT2D eigenvalue weighted by molar-refractivity contribution is 5.93. The third kappa shape index (κ3) is 2.38. The SMILES string of the molecule is CN(C)c1cccc(C(=O)NC23CC4CC(CC(C4)C2)C3)n1. The van der Waals surface area contributed by atoms with Gasteiger partial charge in [0.25, 0.3) is 5.91 Å². The highest BCUT2D eigenvalue weighted by atomic mass is 16.2. The second kappa shape index (κ2) is 4.97. The Balaban J connectivity index is 1.53. The molecule has 4 bridgehead atoms. The van der Waals surface area contributed by atoms with E-state index in [1.165, 1.54) is 38.5 Å². The van der Waals surface area contributed by atoms with Crippen LogP contribution in [0, 0.1) is 17.8 Å². The summed E-state index contributed by atoms with van der Waals surface area (Å²) in [6, 6.07) is 5.67. The van der Waals surface area contributed by atoms with Crippen molar-refractivity contribution in [2.24, 2.45) is 17.8 Å². The summed E-state index contributed by atoms with van der Waals surface area (Å²) in [7, 11) is 3.90. The number of rotatable bonds is 3. The van der Waals surface area contributed by atoms with E-state index in [9.17, 15) is 4.79 Å². The van der Waals surface area contributed by atoms with E-state index < -0.39 is 0 Å². The molecule has 1 aromatic rings. The monoisotopic (exact) mass is 299 g/mol. The lowest BCUT2D eigenvalue weighted by Crippen LogP contribution is -2.59. The van der Waals surface area contributed by atoms with E-state index in [0.29, 0.717) is 5.69 Å². The number of aromatic nitrogens is 1. The van der Waals surface area contributed by atoms with E-state index in [0.717, 1.165) is 23.6 Å². The van der Waals surface area contributed by atoms with Crippen LogP contribution in [0.1, 0.15) is 49.0 Å². The number of carbonyl (C=O) groups excluding carboxylic acids is 1. The Morgan fingerprint density at radius 1 is 1.14 bits per heavy atom. The number of amides is 1. The van der Waals surface area contributed by atoms with Gasteiger partial charge in [-0.3, -0.25) is 4.79 Å². The third-order valence-electron chi connectivity index (χ3n) is 5.84. The topological polar surface area (TPSA) is 45.2 Å². The fourth-order valence-electron chi connectivity index (χ4n) is 5.37. The Labute approximate surface area is 132 Å². The first-order valence-electron chi connectivity index (χ1n) is 8.50. The van der Waals surface area contributed by atoms with Crippen molar-refractivity contribution in [3.63, 3.8) is 0 Å². The number of hydrogen-bond acceptors (Lipinski definition) is 3. The van der Waals surface area contributed by atoms with E-state index in [1.54, 1.807) is 0 Å². The van der Waals surface area contributed by atoms with Crippen LogP contribution in [0.5, 0.6) is 0 Å². The van der Waals surface area contributed by atoms with Crippen molar-refractivity contribution >= 4 is 11.7 Å². The van der Waals surface area contributed by atoms with E-state index >= 15 is 0 Å². The molecule has 4 aliphatic carbocycles. The standard InChI is InChI=1S/C18H25N3O/c1-21(2)16-5-3-4-15(19-16)17(22)20-18-9-12-6-13(10-18)8-14(7-12)11-18/h3-5,12-14H,6-11H2,1-2H3,(H,20,22). The van der Waals surface area contributed by atoms with Crippen molar-refractivity contribution in [3.05, 3.63) is 23.9 Å². The minimum Gasteiger partial charge on any atom is -0.363 e. The molecule has 5 rings (SSSR count). The van der Waals surface area contributed by atoms with Gasteiger partial charge in [-0.25, -0.2) is 4.98 Å². The van der Waals surface area contributed by atoms with Crippen LogP contribution < -0.4 is 10.2 Å². The predicted octanol–water partition coefficient (Wildman–Crippen LogP) is 2.85. The van der Waals surface area contributed by atoms with Gasteiger partial charge in [0.2, 0.25) is 0 Å². The van der Waals surface area contributed by atoms with E-state index in [2.05, 4.69) is 10.3 Å². The number of carbonyl (C=O) groups is 1. The summed E-state index contributed by atoms with van der Waals surface area (Å²) in [5.74, 6) is 3.36. The molecule has 4 nitrogen and oxygen atoms in total. The number of pyridine rings is 1. The molecule has 0 unspecified atom stereocenters. The van der Waals surface area contributed by atoms with Gasteiger partial charge in [0.1, 0.15) is 11.5 Å². The molecule has 0 aliphatic heterocycles. The summed E-state index contributed by atoms with van der Waals surface area (Å²) in [6.45, 7) is 0. The molecule has 4 aliphatic rings. The lowest BCUT2D eigenvalue weighted by molar-refractivity contribution is -0.0167. The van der Waals surface area contributed by atoms with Gasteiger partial charge in [-0.15, -0.1) is 0 Å². The first-order valence-corrected chi connectivity index (χ1v) is 8.50. The fraction of sp³-hybridized carbons (Fsp3) is 0.667. The molecule has 1 amide bonds. The molecule has 22 heavy (non-hydrogen) atoms. The number of anilines is 1. The average Bonchev–Trinajstić information content (AvgIpc) is 2.45. The molecule has 0 saturated heterocycles. The van der Waals surface area contributed by atoms with E-state index in [-0.39, 0.29) is 11.4 Å². The largest absolute Gasteiger partial charge is 0.363 e. The summed E-state index contributed by atoms with van der Waals surface area (Å²) in [5.41, 5.74) is 0.601. The van der Waals surface area contributed by atoms with Crippen LogP contribution in [0.2, 0.25) is 0 Å². The first kappa shape index (κ1) is 14.0. The van der Waals surface area contributed by atoms with Crippen LogP contribution in [0.3, 0.4) is 0 Å². The zero-order chi connectivity index (χ0) is 15.3. The van der Waals surface area contributed by atoms with Crippen LogP contribution in [0.4, 0.5) is 5.82 Å². The van der Waals surface area contributed by atoms with Crippen molar-refractivity contribution in [2.75, 3.05) is 19.0 Å². The fourth-order valence-corrected chi connectivity index (χ4v) is 5.37. The first-order chi connectivity index (χ1) is 10.5. The van der Waals surface area contributed by atoms with Gasteiger partial charge >= 0.3 is 0 Å². The van der Waals surface area contributed by atoms with Gasteiger partial charge in [0.05, 0.1) is 0 Å². The molecule has 1 N–H and O–H groups in total. The lowest BCUT2D eigenvalue weighted by Gasteiger charge is -2.56. The van der Waals surface area contributed by atoms with Crippen molar-refractivity contribution in [2.45, 2.75) is 44.1 Å². The van der Waals surface area contributed by atoms with Crippen molar-refractivity contribution in [1.82, 2.24) is 10.3 Å². The number of nitrogens with one attached hydrogen (secondary N) is 1. The quantitative estimate of drug-likeness (QED) is 0.933. The Morgan fingerprint density at radius 3 is 2.27 bits per heavy atom. The second-order valence-corrected chi connectivity index (χ2v) is 7.93. The molecule has 4 fully saturated rings. The maximum Gasteiger partial charge on any atom is 0.270 e. The molecule has 118 valence electrons. The van der Waals surface area contributed by atoms with Gasteiger partial charge in [0.15, 0.2) is 0 Å². The molecule has 0 spiro atoms. The molecule has 1 aromatic heterocycles. The van der Waals surface area contributed by atoms with Gasteiger partial charge in [-0.05, 0) is 68.4 Å². The summed E-state index contributed by atoms with van der Waals surface area (Å²) in [5, 5.41) is 3.39. The predicted molar refractivity (Wildman–Crippen MR) is 86.9 cm³/mol. The van der Waals surface area contributed by atoms with E-state index in [1.807, 2.05) is 37.2 Å². The smallest absolute Gasteiger partial charge is 0.270 e. The van der Waals surface area contributed by atoms with Crippen LogP contribution in [-0.2, 0) is 0 Å². The second-order valence-electron chi connectivity index (χ2n) is 7.93. The summed E-state index contributed by atoms with van der Waals surface area (Å²) in [6.07, 6.45) is 7.71. The molecule has 0 aromatic carbocycles. The van der Waals surface area contributed by atoms with Gasteiger partial charge in [-0.1, -0.05) is 6.07 Å². The van der Waals surface area contributed by atoms with Crippen LogP contribution in [0.15, 0.2) is 18.2 Å². The molecule has 4 saturated carbocycles. The maximum absolute atomic E-state index is 12.7. The Kier molecular flexibility index (Phi) is 3.17.